The van der Waals surface area contributed by atoms with E-state index in [0.29, 0.717) is 5.75 Å². The second kappa shape index (κ2) is 7.42. The highest BCUT2D eigenvalue weighted by molar-refractivity contribution is 7.12. The van der Waals surface area contributed by atoms with Crippen LogP contribution in [0.25, 0.3) is 0 Å². The maximum absolute atomic E-state index is 11.8. The van der Waals surface area contributed by atoms with Crippen molar-refractivity contribution in [3.63, 3.8) is 0 Å². The number of nitrogens with zero attached hydrogens (tertiary/aromatic N) is 1. The van der Waals surface area contributed by atoms with Gasteiger partial charge in [-0.3, -0.25) is 4.79 Å². The van der Waals surface area contributed by atoms with Crippen LogP contribution in [0.3, 0.4) is 0 Å². The molecule has 122 valence electrons. The van der Waals surface area contributed by atoms with Crippen LogP contribution >= 0.6 is 11.3 Å². The Morgan fingerprint density at radius 1 is 1.22 bits per heavy atom. The number of amides is 1. The van der Waals surface area contributed by atoms with E-state index < -0.39 is 0 Å². The first kappa shape index (κ1) is 17.2. The van der Waals surface area contributed by atoms with Crippen molar-refractivity contribution in [1.82, 2.24) is 5.43 Å². The van der Waals surface area contributed by atoms with Gasteiger partial charge in [-0.1, -0.05) is 39.0 Å². The number of rotatable bonds is 5. The van der Waals surface area contributed by atoms with Gasteiger partial charge in [0.2, 0.25) is 0 Å². The first-order chi connectivity index (χ1) is 10.9. The fourth-order valence-electron chi connectivity index (χ4n) is 1.92. The van der Waals surface area contributed by atoms with E-state index in [1.54, 1.807) is 11.3 Å². The fraction of sp³-hybridized carbons (Fsp3) is 0.333. The molecular formula is C18H22N2O2S. The lowest BCUT2D eigenvalue weighted by Gasteiger charge is -2.19. The Morgan fingerprint density at radius 2 is 1.91 bits per heavy atom. The van der Waals surface area contributed by atoms with Gasteiger partial charge in [-0.15, -0.1) is 11.3 Å². The van der Waals surface area contributed by atoms with Crippen LogP contribution in [0.1, 0.15) is 38.1 Å². The van der Waals surface area contributed by atoms with Crippen LogP contribution in [0.15, 0.2) is 46.9 Å². The molecule has 5 heteroatoms. The summed E-state index contributed by atoms with van der Waals surface area (Å²) in [6, 6.07) is 11.7. The second-order valence-electron chi connectivity index (χ2n) is 6.27. The normalized spacial score (nSPS) is 12.1. The van der Waals surface area contributed by atoms with Crippen molar-refractivity contribution in [2.24, 2.45) is 5.10 Å². The molecule has 0 unspecified atom stereocenters. The summed E-state index contributed by atoms with van der Waals surface area (Å²) in [5, 5.41) is 6.05. The molecular weight excluding hydrogens is 308 g/mol. The molecule has 23 heavy (non-hydrogen) atoms. The molecule has 0 saturated heterocycles. The number of benzene rings is 1. The minimum absolute atomic E-state index is 0.0594. The van der Waals surface area contributed by atoms with Gasteiger partial charge < -0.3 is 4.74 Å². The van der Waals surface area contributed by atoms with E-state index in [1.807, 2.05) is 48.7 Å². The summed E-state index contributed by atoms with van der Waals surface area (Å²) in [6.07, 6.45) is 0. The van der Waals surface area contributed by atoms with Crippen LogP contribution in [0, 0.1) is 0 Å². The van der Waals surface area contributed by atoms with Gasteiger partial charge in [0.15, 0.2) is 6.61 Å². The molecule has 1 amide bonds. The highest BCUT2D eigenvalue weighted by atomic mass is 32.1. The smallest absolute Gasteiger partial charge is 0.277 e. The first-order valence-electron chi connectivity index (χ1n) is 7.46. The summed E-state index contributed by atoms with van der Waals surface area (Å²) < 4.78 is 5.48. The Balaban J connectivity index is 1.84. The van der Waals surface area contributed by atoms with Crippen molar-refractivity contribution in [3.05, 3.63) is 52.2 Å². The number of hydrogen-bond acceptors (Lipinski definition) is 4. The van der Waals surface area contributed by atoms with E-state index in [2.05, 4.69) is 31.3 Å². The standard InChI is InChI=1S/C18H22N2O2S/c1-13(16-6-5-11-23-16)19-20-17(21)12-22-15-9-7-14(8-10-15)18(2,3)4/h5-11H,12H2,1-4H3,(H,20,21)/b19-13-. The third-order valence-corrected chi connectivity index (χ3v) is 4.29. The molecule has 0 aliphatic heterocycles. The number of carbonyl (C=O) groups excluding carboxylic acids is 1. The van der Waals surface area contributed by atoms with Gasteiger partial charge in [-0.2, -0.15) is 5.10 Å². The molecule has 0 atom stereocenters. The molecule has 0 fully saturated rings. The van der Waals surface area contributed by atoms with Crippen molar-refractivity contribution >= 4 is 23.0 Å². The van der Waals surface area contributed by atoms with Crippen molar-refractivity contribution in [3.8, 4) is 5.75 Å². The minimum Gasteiger partial charge on any atom is -0.484 e. The number of thiophene rings is 1. The van der Waals surface area contributed by atoms with Gasteiger partial charge in [0, 0.05) is 4.88 Å². The predicted molar refractivity (Wildman–Crippen MR) is 95.3 cm³/mol. The Bertz CT molecular complexity index is 668. The maximum atomic E-state index is 11.8. The average molecular weight is 330 g/mol. The number of hydrazone groups is 1. The van der Waals surface area contributed by atoms with Crippen LogP contribution in [-0.2, 0) is 10.2 Å². The van der Waals surface area contributed by atoms with Crippen LogP contribution < -0.4 is 10.2 Å². The predicted octanol–water partition coefficient (Wildman–Crippen LogP) is 3.96. The van der Waals surface area contributed by atoms with E-state index in [-0.39, 0.29) is 17.9 Å². The molecule has 1 aromatic carbocycles. The Kier molecular flexibility index (Phi) is 5.55. The SMILES string of the molecule is C/C(=N/NC(=O)COc1ccc(C(C)(C)C)cc1)c1cccs1. The molecule has 0 aliphatic carbocycles. The zero-order chi connectivity index (χ0) is 16.9. The molecule has 0 saturated carbocycles. The molecule has 4 nitrogen and oxygen atoms in total. The third kappa shape index (κ3) is 5.21. The molecule has 1 N–H and O–H groups in total. The summed E-state index contributed by atoms with van der Waals surface area (Å²) in [4.78, 5) is 12.8. The van der Waals surface area contributed by atoms with Gasteiger partial charge in [0.05, 0.1) is 5.71 Å². The monoisotopic (exact) mass is 330 g/mol. The lowest BCUT2D eigenvalue weighted by molar-refractivity contribution is -0.123. The number of hydrogen-bond donors (Lipinski definition) is 1. The minimum atomic E-state index is -0.277. The molecule has 1 aromatic heterocycles. The largest absolute Gasteiger partial charge is 0.484 e. The summed E-state index contributed by atoms with van der Waals surface area (Å²) in [5.74, 6) is 0.396. The summed E-state index contributed by atoms with van der Waals surface area (Å²) >= 11 is 1.58. The molecule has 2 rings (SSSR count). The van der Waals surface area contributed by atoms with E-state index in [4.69, 9.17) is 4.74 Å². The first-order valence-corrected chi connectivity index (χ1v) is 8.34. The van der Waals surface area contributed by atoms with E-state index in [1.165, 1.54) is 5.56 Å². The lowest BCUT2D eigenvalue weighted by atomic mass is 9.87. The molecule has 1 heterocycles. The number of ether oxygens (including phenoxy) is 1. The van der Waals surface area contributed by atoms with Crippen LogP contribution in [-0.4, -0.2) is 18.2 Å². The van der Waals surface area contributed by atoms with Gasteiger partial charge in [-0.25, -0.2) is 5.43 Å². The summed E-state index contributed by atoms with van der Waals surface area (Å²) in [7, 11) is 0. The Hall–Kier alpha value is -2.14. The zero-order valence-corrected chi connectivity index (χ0v) is 14.7. The number of carbonyl (C=O) groups is 1. The third-order valence-electron chi connectivity index (χ3n) is 3.32. The molecule has 2 aromatic rings. The van der Waals surface area contributed by atoms with Crippen molar-refractivity contribution in [1.29, 1.82) is 0 Å². The quantitative estimate of drug-likeness (QED) is 0.666. The van der Waals surface area contributed by atoms with Crippen molar-refractivity contribution in [2.45, 2.75) is 33.1 Å². The van der Waals surface area contributed by atoms with Gasteiger partial charge in [-0.05, 0) is 41.5 Å². The van der Waals surface area contributed by atoms with Gasteiger partial charge >= 0.3 is 0 Å². The molecule has 0 aliphatic rings. The second-order valence-corrected chi connectivity index (χ2v) is 7.22. The highest BCUT2D eigenvalue weighted by Gasteiger charge is 2.13. The van der Waals surface area contributed by atoms with E-state index in [0.717, 1.165) is 10.6 Å². The Morgan fingerprint density at radius 3 is 2.48 bits per heavy atom. The summed E-state index contributed by atoms with van der Waals surface area (Å²) in [6.45, 7) is 8.27. The summed E-state index contributed by atoms with van der Waals surface area (Å²) in [5.41, 5.74) is 4.62. The maximum Gasteiger partial charge on any atom is 0.277 e. The number of nitrogens with one attached hydrogen (secondary N) is 1. The molecule has 0 radical (unpaired) electrons. The lowest BCUT2D eigenvalue weighted by Crippen LogP contribution is -2.25. The van der Waals surface area contributed by atoms with E-state index in [9.17, 15) is 4.79 Å². The van der Waals surface area contributed by atoms with Crippen LogP contribution in [0.2, 0.25) is 0 Å². The van der Waals surface area contributed by atoms with Crippen molar-refractivity contribution in [2.75, 3.05) is 6.61 Å². The average Bonchev–Trinajstić information content (AvgIpc) is 3.04. The molecule has 0 bridgehead atoms. The van der Waals surface area contributed by atoms with Crippen LogP contribution in [0.4, 0.5) is 0 Å². The van der Waals surface area contributed by atoms with Crippen LogP contribution in [0.5, 0.6) is 5.75 Å². The van der Waals surface area contributed by atoms with E-state index >= 15 is 0 Å². The van der Waals surface area contributed by atoms with Gasteiger partial charge in [0.1, 0.15) is 5.75 Å². The highest BCUT2D eigenvalue weighted by Crippen LogP contribution is 2.24. The van der Waals surface area contributed by atoms with Gasteiger partial charge in [0.25, 0.3) is 5.91 Å². The fourth-order valence-corrected chi connectivity index (χ4v) is 2.60. The topological polar surface area (TPSA) is 50.7 Å². The van der Waals surface area contributed by atoms with Crippen molar-refractivity contribution < 1.29 is 9.53 Å². The Labute approximate surface area is 141 Å². The zero-order valence-electron chi connectivity index (χ0n) is 13.9. The molecule has 0 spiro atoms.